The minimum Gasteiger partial charge on any atom is -0.370 e. The van der Waals surface area contributed by atoms with E-state index in [9.17, 15) is 18.0 Å². The van der Waals surface area contributed by atoms with Gasteiger partial charge >= 0.3 is 0 Å². The molecule has 2 aliphatic rings. The molecule has 1 aliphatic carbocycles. The van der Waals surface area contributed by atoms with Crippen LogP contribution in [-0.4, -0.2) is 42.7 Å². The lowest BCUT2D eigenvalue weighted by Gasteiger charge is -2.43. The molecule has 0 radical (unpaired) electrons. The normalized spacial score (nSPS) is 27.9. The summed E-state index contributed by atoms with van der Waals surface area (Å²) in [6.07, 6.45) is -1.45. The van der Waals surface area contributed by atoms with E-state index in [2.05, 4.69) is 5.32 Å². The molecule has 0 aromatic heterocycles. The molecule has 1 saturated carbocycles. The Balaban J connectivity index is 1.59. The molecule has 1 aliphatic heterocycles. The quantitative estimate of drug-likeness (QED) is 0.650. The molecule has 34 heavy (non-hydrogen) atoms. The standard InChI is InChI=1S/C25H28F3NO5/c1-24(2)33-20-12-25(23(30)29-3,32-13-15-7-9-17(26)10-8-15)11-19(22(20)34-24)31-14-16-5-4-6-18(27)21(16)28/h4-10,19-20,22H,11-14H2,1-3H3,(H,29,30)/t19?,20-,22+,25-/m1/s1. The van der Waals surface area contributed by atoms with E-state index in [0.717, 1.165) is 6.07 Å². The molecule has 1 amide bonds. The Morgan fingerprint density at radius 3 is 2.50 bits per heavy atom. The highest BCUT2D eigenvalue weighted by Gasteiger charge is 2.57. The Morgan fingerprint density at radius 1 is 1.06 bits per heavy atom. The molecule has 184 valence electrons. The summed E-state index contributed by atoms with van der Waals surface area (Å²) >= 11 is 0. The van der Waals surface area contributed by atoms with Crippen molar-refractivity contribution in [1.29, 1.82) is 0 Å². The minimum atomic E-state index is -1.33. The number of fused-ring (bicyclic) bond motifs is 1. The first-order chi connectivity index (χ1) is 16.1. The zero-order valence-electron chi connectivity index (χ0n) is 19.3. The van der Waals surface area contributed by atoms with Gasteiger partial charge in [-0.3, -0.25) is 4.79 Å². The second-order valence-corrected chi connectivity index (χ2v) is 9.10. The number of halogens is 3. The summed E-state index contributed by atoms with van der Waals surface area (Å²) in [7, 11) is 1.51. The number of likely N-dealkylation sites (N-methyl/N-ethyl adjacent to an activating group) is 1. The molecule has 2 aromatic rings. The van der Waals surface area contributed by atoms with E-state index in [4.69, 9.17) is 18.9 Å². The summed E-state index contributed by atoms with van der Waals surface area (Å²) in [5.41, 5.74) is -0.590. The fraction of sp³-hybridized carbons (Fsp3) is 0.480. The number of carbonyl (C=O) groups is 1. The van der Waals surface area contributed by atoms with Gasteiger partial charge in [-0.1, -0.05) is 24.3 Å². The van der Waals surface area contributed by atoms with Crippen LogP contribution in [0.25, 0.3) is 0 Å². The molecule has 1 unspecified atom stereocenters. The molecular formula is C25H28F3NO5. The van der Waals surface area contributed by atoms with Gasteiger partial charge in [-0.15, -0.1) is 0 Å². The highest BCUT2D eigenvalue weighted by molar-refractivity contribution is 5.85. The van der Waals surface area contributed by atoms with Gasteiger partial charge in [0.25, 0.3) is 5.91 Å². The topological polar surface area (TPSA) is 66.0 Å². The summed E-state index contributed by atoms with van der Waals surface area (Å²) in [4.78, 5) is 13.1. The number of carbonyl (C=O) groups excluding carboxylic acids is 1. The van der Waals surface area contributed by atoms with Gasteiger partial charge in [0.15, 0.2) is 23.0 Å². The number of amides is 1. The molecule has 2 fully saturated rings. The Morgan fingerprint density at radius 2 is 1.79 bits per heavy atom. The van der Waals surface area contributed by atoms with Crippen LogP contribution in [0.4, 0.5) is 13.2 Å². The number of nitrogens with one attached hydrogen (secondary N) is 1. The molecule has 4 atom stereocenters. The van der Waals surface area contributed by atoms with Crippen molar-refractivity contribution >= 4 is 5.91 Å². The summed E-state index contributed by atoms with van der Waals surface area (Å²) < 4.78 is 65.4. The van der Waals surface area contributed by atoms with Crippen LogP contribution >= 0.6 is 0 Å². The fourth-order valence-corrected chi connectivity index (χ4v) is 4.59. The van der Waals surface area contributed by atoms with E-state index < -0.39 is 41.3 Å². The van der Waals surface area contributed by atoms with E-state index in [-0.39, 0.29) is 43.3 Å². The summed E-state index contributed by atoms with van der Waals surface area (Å²) in [5, 5.41) is 2.65. The van der Waals surface area contributed by atoms with Crippen molar-refractivity contribution in [3.8, 4) is 0 Å². The average molecular weight is 479 g/mol. The van der Waals surface area contributed by atoms with Gasteiger partial charge in [0.1, 0.15) is 11.9 Å². The van der Waals surface area contributed by atoms with Crippen LogP contribution in [0.1, 0.15) is 37.8 Å². The monoisotopic (exact) mass is 479 g/mol. The molecule has 0 bridgehead atoms. The van der Waals surface area contributed by atoms with Crippen molar-refractivity contribution in [2.24, 2.45) is 0 Å². The van der Waals surface area contributed by atoms with Crippen molar-refractivity contribution in [3.63, 3.8) is 0 Å². The van der Waals surface area contributed by atoms with Crippen LogP contribution in [0.5, 0.6) is 0 Å². The zero-order chi connectivity index (χ0) is 24.5. The second-order valence-electron chi connectivity index (χ2n) is 9.10. The first kappa shape index (κ1) is 24.7. The summed E-state index contributed by atoms with van der Waals surface area (Å²) in [6.45, 7) is 3.36. The van der Waals surface area contributed by atoms with E-state index >= 15 is 0 Å². The van der Waals surface area contributed by atoms with Crippen LogP contribution in [-0.2, 0) is 37.0 Å². The number of hydrogen-bond donors (Lipinski definition) is 1. The summed E-state index contributed by atoms with van der Waals surface area (Å²) in [6, 6.07) is 9.67. The molecule has 1 heterocycles. The molecule has 1 N–H and O–H groups in total. The average Bonchev–Trinajstić information content (AvgIpc) is 3.12. The van der Waals surface area contributed by atoms with Crippen LogP contribution in [0.2, 0.25) is 0 Å². The van der Waals surface area contributed by atoms with E-state index in [1.165, 1.54) is 31.3 Å². The van der Waals surface area contributed by atoms with Gasteiger partial charge in [-0.2, -0.15) is 0 Å². The lowest BCUT2D eigenvalue weighted by atomic mass is 9.78. The predicted molar refractivity (Wildman–Crippen MR) is 116 cm³/mol. The SMILES string of the molecule is CNC(=O)[C@@]1(OCc2ccc(F)cc2)CC(OCc2cccc(F)c2F)[C@@H]2OC(C)(C)O[C@@H]2C1. The van der Waals surface area contributed by atoms with E-state index in [1.807, 2.05) is 0 Å². The molecule has 9 heteroatoms. The third kappa shape index (κ3) is 5.12. The zero-order valence-corrected chi connectivity index (χ0v) is 19.3. The molecule has 2 aromatic carbocycles. The van der Waals surface area contributed by atoms with Crippen molar-refractivity contribution in [2.75, 3.05) is 7.05 Å². The maximum absolute atomic E-state index is 14.2. The van der Waals surface area contributed by atoms with Gasteiger partial charge in [-0.25, -0.2) is 13.2 Å². The van der Waals surface area contributed by atoms with Crippen LogP contribution in [0.15, 0.2) is 42.5 Å². The van der Waals surface area contributed by atoms with E-state index in [1.54, 1.807) is 26.0 Å². The van der Waals surface area contributed by atoms with Gasteiger partial charge in [0, 0.05) is 25.5 Å². The Hall–Kier alpha value is -2.46. The highest BCUT2D eigenvalue weighted by atomic mass is 19.2. The maximum Gasteiger partial charge on any atom is 0.252 e. The maximum atomic E-state index is 14.2. The smallest absolute Gasteiger partial charge is 0.252 e. The van der Waals surface area contributed by atoms with Gasteiger partial charge < -0.3 is 24.3 Å². The second kappa shape index (κ2) is 9.65. The largest absolute Gasteiger partial charge is 0.370 e. The highest BCUT2D eigenvalue weighted by Crippen LogP contribution is 2.44. The number of hydrogen-bond acceptors (Lipinski definition) is 5. The molecule has 4 rings (SSSR count). The van der Waals surface area contributed by atoms with Crippen molar-refractivity contribution in [1.82, 2.24) is 5.32 Å². The summed E-state index contributed by atoms with van der Waals surface area (Å²) in [5.74, 6) is -3.61. The van der Waals surface area contributed by atoms with Gasteiger partial charge in [0.2, 0.25) is 0 Å². The first-order valence-electron chi connectivity index (χ1n) is 11.1. The van der Waals surface area contributed by atoms with Crippen molar-refractivity contribution in [2.45, 2.75) is 69.6 Å². The third-order valence-electron chi connectivity index (χ3n) is 6.20. The lowest BCUT2D eigenvalue weighted by Crippen LogP contribution is -2.59. The molecule has 6 nitrogen and oxygen atoms in total. The number of benzene rings is 2. The van der Waals surface area contributed by atoms with Crippen molar-refractivity contribution in [3.05, 3.63) is 71.0 Å². The lowest BCUT2D eigenvalue weighted by molar-refractivity contribution is -0.183. The Labute approximate surface area is 196 Å². The first-order valence-corrected chi connectivity index (χ1v) is 11.1. The van der Waals surface area contributed by atoms with Crippen LogP contribution in [0, 0.1) is 17.5 Å². The molecule has 0 spiro atoms. The third-order valence-corrected chi connectivity index (χ3v) is 6.20. The molecular weight excluding hydrogens is 451 g/mol. The Kier molecular flexibility index (Phi) is 7.00. The molecule has 1 saturated heterocycles. The fourth-order valence-electron chi connectivity index (χ4n) is 4.59. The van der Waals surface area contributed by atoms with Crippen LogP contribution < -0.4 is 5.32 Å². The van der Waals surface area contributed by atoms with Gasteiger partial charge in [-0.05, 0) is 37.6 Å². The number of ether oxygens (including phenoxy) is 4. The predicted octanol–water partition coefficient (Wildman–Crippen LogP) is 4.00. The van der Waals surface area contributed by atoms with Crippen LogP contribution in [0.3, 0.4) is 0 Å². The Bertz CT molecular complexity index is 1030. The van der Waals surface area contributed by atoms with E-state index in [0.29, 0.717) is 5.56 Å². The van der Waals surface area contributed by atoms with Crippen molar-refractivity contribution < 1.29 is 36.9 Å². The number of rotatable bonds is 7. The minimum absolute atomic E-state index is 0.0538. The van der Waals surface area contributed by atoms with Gasteiger partial charge in [0.05, 0.1) is 25.4 Å².